The normalized spacial score (nSPS) is 18.2. The number of piperidine rings is 1. The second kappa shape index (κ2) is 9.03. The van der Waals surface area contributed by atoms with Crippen molar-refractivity contribution in [3.63, 3.8) is 0 Å². The van der Waals surface area contributed by atoms with E-state index in [0.717, 1.165) is 36.7 Å². The summed E-state index contributed by atoms with van der Waals surface area (Å²) in [5.74, 6) is 0.720. The molecular weight excluding hydrogens is 395 g/mol. The second-order valence-corrected chi connectivity index (χ2v) is 8.09. The fourth-order valence-electron chi connectivity index (χ4n) is 3.59. The number of thiocarbonyl (C=S) groups is 1. The molecular formula is C22H26F3N3S. The third-order valence-corrected chi connectivity index (χ3v) is 5.45. The van der Waals surface area contributed by atoms with Gasteiger partial charge in [-0.25, -0.2) is 0 Å². The van der Waals surface area contributed by atoms with E-state index in [1.54, 1.807) is 0 Å². The minimum atomic E-state index is -4.34. The number of anilines is 2. The zero-order valence-corrected chi connectivity index (χ0v) is 17.4. The lowest BCUT2D eigenvalue weighted by atomic mass is 9.99. The zero-order chi connectivity index (χ0) is 21.0. The fourth-order valence-corrected chi connectivity index (χ4v) is 3.88. The van der Waals surface area contributed by atoms with Gasteiger partial charge in [-0.15, -0.1) is 0 Å². The Morgan fingerprint density at radius 2 is 1.76 bits per heavy atom. The number of rotatable bonds is 4. The first-order chi connectivity index (χ1) is 13.7. The van der Waals surface area contributed by atoms with Crippen LogP contribution in [-0.2, 0) is 6.18 Å². The SMILES string of the molecule is C[C@H]1CCCN(c2ccc([C@H](C)NC(=S)Nc3ccc(C(F)(F)F)cc3)cc2)C1. The molecule has 7 heteroatoms. The largest absolute Gasteiger partial charge is 0.416 e. The Morgan fingerprint density at radius 3 is 2.34 bits per heavy atom. The third kappa shape index (κ3) is 5.85. The van der Waals surface area contributed by atoms with Crippen molar-refractivity contribution in [3.05, 3.63) is 59.7 Å². The van der Waals surface area contributed by atoms with Crippen LogP contribution < -0.4 is 15.5 Å². The van der Waals surface area contributed by atoms with Crippen LogP contribution in [0.4, 0.5) is 24.5 Å². The van der Waals surface area contributed by atoms with Gasteiger partial charge in [-0.1, -0.05) is 19.1 Å². The highest BCUT2D eigenvalue weighted by Crippen LogP contribution is 2.30. The molecule has 0 aromatic heterocycles. The summed E-state index contributed by atoms with van der Waals surface area (Å²) in [6.45, 7) is 6.47. The highest BCUT2D eigenvalue weighted by Gasteiger charge is 2.30. The van der Waals surface area contributed by atoms with E-state index in [1.165, 1.54) is 30.7 Å². The van der Waals surface area contributed by atoms with Crippen LogP contribution in [-0.4, -0.2) is 18.2 Å². The van der Waals surface area contributed by atoms with Crippen molar-refractivity contribution in [2.24, 2.45) is 5.92 Å². The maximum absolute atomic E-state index is 12.6. The van der Waals surface area contributed by atoms with Gasteiger partial charge in [-0.3, -0.25) is 0 Å². The Kier molecular flexibility index (Phi) is 6.67. The van der Waals surface area contributed by atoms with Gasteiger partial charge in [0.15, 0.2) is 5.11 Å². The molecule has 3 nitrogen and oxygen atoms in total. The van der Waals surface area contributed by atoms with Crippen LogP contribution in [0.5, 0.6) is 0 Å². The van der Waals surface area contributed by atoms with Gasteiger partial charge in [0, 0.05) is 24.5 Å². The van der Waals surface area contributed by atoms with Crippen molar-refractivity contribution in [1.82, 2.24) is 5.32 Å². The van der Waals surface area contributed by atoms with Gasteiger partial charge in [0.05, 0.1) is 11.6 Å². The van der Waals surface area contributed by atoms with Gasteiger partial charge >= 0.3 is 6.18 Å². The lowest BCUT2D eigenvalue weighted by molar-refractivity contribution is -0.137. The molecule has 2 aromatic rings. The van der Waals surface area contributed by atoms with Crippen LogP contribution in [0.25, 0.3) is 0 Å². The fraction of sp³-hybridized carbons (Fsp3) is 0.409. The molecule has 0 amide bonds. The Hall–Kier alpha value is -2.28. The number of nitrogens with one attached hydrogen (secondary N) is 2. The standard InChI is InChI=1S/C22H26F3N3S/c1-15-4-3-13-28(14-15)20-11-5-17(6-12-20)16(2)26-21(29)27-19-9-7-18(8-10-19)22(23,24)25/h5-12,15-16H,3-4,13-14H2,1-2H3,(H2,26,27,29)/t15-,16-/m0/s1. The van der Waals surface area contributed by atoms with E-state index in [-0.39, 0.29) is 6.04 Å². The first-order valence-corrected chi connectivity index (χ1v) is 10.2. The van der Waals surface area contributed by atoms with Crippen LogP contribution in [0, 0.1) is 5.92 Å². The quantitative estimate of drug-likeness (QED) is 0.593. The van der Waals surface area contributed by atoms with Gasteiger partial charge in [0.25, 0.3) is 0 Å². The topological polar surface area (TPSA) is 27.3 Å². The first-order valence-electron chi connectivity index (χ1n) is 9.82. The predicted molar refractivity (Wildman–Crippen MR) is 116 cm³/mol. The summed E-state index contributed by atoms with van der Waals surface area (Å²) >= 11 is 5.31. The van der Waals surface area contributed by atoms with Crippen molar-refractivity contribution < 1.29 is 13.2 Å². The molecule has 29 heavy (non-hydrogen) atoms. The Labute approximate surface area is 175 Å². The molecule has 0 unspecified atom stereocenters. The summed E-state index contributed by atoms with van der Waals surface area (Å²) in [6, 6.07) is 13.2. The number of benzene rings is 2. The van der Waals surface area contributed by atoms with Crippen molar-refractivity contribution >= 4 is 28.7 Å². The Bertz CT molecular complexity index is 819. The molecule has 1 fully saturated rings. The molecule has 156 valence electrons. The van der Waals surface area contributed by atoms with Gasteiger partial charge in [0.2, 0.25) is 0 Å². The lowest BCUT2D eigenvalue weighted by Gasteiger charge is -2.33. The van der Waals surface area contributed by atoms with E-state index in [4.69, 9.17) is 12.2 Å². The van der Waals surface area contributed by atoms with Crippen LogP contribution in [0.2, 0.25) is 0 Å². The van der Waals surface area contributed by atoms with Gasteiger partial charge in [-0.2, -0.15) is 13.2 Å². The number of hydrogen-bond acceptors (Lipinski definition) is 2. The molecule has 2 atom stereocenters. The number of alkyl halides is 3. The monoisotopic (exact) mass is 421 g/mol. The summed E-state index contributed by atoms with van der Waals surface area (Å²) in [5, 5.41) is 6.48. The molecule has 0 spiro atoms. The highest BCUT2D eigenvalue weighted by atomic mass is 32.1. The molecule has 0 bridgehead atoms. The second-order valence-electron chi connectivity index (χ2n) is 7.68. The van der Waals surface area contributed by atoms with Crippen LogP contribution in [0.15, 0.2) is 48.5 Å². The highest BCUT2D eigenvalue weighted by molar-refractivity contribution is 7.80. The van der Waals surface area contributed by atoms with Crippen LogP contribution in [0.3, 0.4) is 0 Å². The van der Waals surface area contributed by atoms with E-state index in [2.05, 4.69) is 46.7 Å². The summed E-state index contributed by atoms with van der Waals surface area (Å²) in [4.78, 5) is 2.42. The summed E-state index contributed by atoms with van der Waals surface area (Å²) in [6.07, 6.45) is -1.83. The minimum Gasteiger partial charge on any atom is -0.371 e. The first kappa shape index (κ1) is 21.4. The minimum absolute atomic E-state index is 0.0289. The molecule has 1 heterocycles. The van der Waals surface area contributed by atoms with E-state index < -0.39 is 11.7 Å². The molecule has 1 aliphatic heterocycles. The van der Waals surface area contributed by atoms with Crippen LogP contribution in [0.1, 0.15) is 43.9 Å². The predicted octanol–water partition coefficient (Wildman–Crippen LogP) is 5.99. The van der Waals surface area contributed by atoms with Crippen LogP contribution >= 0.6 is 12.2 Å². The van der Waals surface area contributed by atoms with E-state index in [1.807, 2.05) is 6.92 Å². The molecule has 0 aliphatic carbocycles. The molecule has 0 saturated carbocycles. The van der Waals surface area contributed by atoms with E-state index >= 15 is 0 Å². The Morgan fingerprint density at radius 1 is 1.10 bits per heavy atom. The number of halogens is 3. The van der Waals surface area contributed by atoms with Crippen molar-refractivity contribution in [2.75, 3.05) is 23.3 Å². The molecule has 3 rings (SSSR count). The van der Waals surface area contributed by atoms with E-state index in [9.17, 15) is 13.2 Å². The lowest BCUT2D eigenvalue weighted by Crippen LogP contribution is -2.34. The smallest absolute Gasteiger partial charge is 0.371 e. The Balaban J connectivity index is 1.55. The molecule has 2 aromatic carbocycles. The van der Waals surface area contributed by atoms with Gasteiger partial charge in [0.1, 0.15) is 0 Å². The molecule has 1 saturated heterocycles. The molecule has 2 N–H and O–H groups in total. The summed E-state index contributed by atoms with van der Waals surface area (Å²) < 4.78 is 37.9. The number of hydrogen-bond donors (Lipinski definition) is 2. The zero-order valence-electron chi connectivity index (χ0n) is 16.6. The summed E-state index contributed by atoms with van der Waals surface area (Å²) in [5.41, 5.74) is 2.16. The van der Waals surface area contributed by atoms with Crippen molar-refractivity contribution in [1.29, 1.82) is 0 Å². The average Bonchev–Trinajstić information content (AvgIpc) is 2.67. The third-order valence-electron chi connectivity index (χ3n) is 5.23. The number of nitrogens with zero attached hydrogens (tertiary/aromatic N) is 1. The van der Waals surface area contributed by atoms with Crippen molar-refractivity contribution in [2.45, 2.75) is 38.9 Å². The molecule has 0 radical (unpaired) electrons. The van der Waals surface area contributed by atoms with Crippen molar-refractivity contribution in [3.8, 4) is 0 Å². The van der Waals surface area contributed by atoms with E-state index in [0.29, 0.717) is 10.8 Å². The average molecular weight is 422 g/mol. The maximum Gasteiger partial charge on any atom is 0.416 e. The maximum atomic E-state index is 12.6. The molecule has 1 aliphatic rings. The summed E-state index contributed by atoms with van der Waals surface area (Å²) in [7, 11) is 0. The van der Waals surface area contributed by atoms with Gasteiger partial charge < -0.3 is 15.5 Å². The van der Waals surface area contributed by atoms with Gasteiger partial charge in [-0.05, 0) is 79.9 Å².